The standard InChI is InChI=1S/C21H18FN3O3/c1-13-4-3-5-16(19(13)25-20(26)14-8-10-23-11-9-14)21(27)24-15-6-7-18(28-2)17(22)12-15/h3-12H,1-2H3,(H,24,27)(H,25,26). The van der Waals surface area contributed by atoms with E-state index < -0.39 is 11.7 Å². The van der Waals surface area contributed by atoms with Crippen LogP contribution >= 0.6 is 0 Å². The zero-order valence-corrected chi connectivity index (χ0v) is 15.3. The summed E-state index contributed by atoms with van der Waals surface area (Å²) >= 11 is 0. The van der Waals surface area contributed by atoms with Gasteiger partial charge in [-0.2, -0.15) is 0 Å². The van der Waals surface area contributed by atoms with E-state index in [1.807, 2.05) is 0 Å². The molecule has 1 heterocycles. The molecular formula is C21H18FN3O3. The van der Waals surface area contributed by atoms with Crippen molar-refractivity contribution in [3.8, 4) is 5.75 Å². The average Bonchev–Trinajstić information content (AvgIpc) is 2.70. The van der Waals surface area contributed by atoms with E-state index in [1.54, 1.807) is 37.3 Å². The lowest BCUT2D eigenvalue weighted by molar-refractivity contribution is 0.102. The van der Waals surface area contributed by atoms with Crippen molar-refractivity contribution < 1.29 is 18.7 Å². The van der Waals surface area contributed by atoms with Gasteiger partial charge in [-0.25, -0.2) is 4.39 Å². The van der Waals surface area contributed by atoms with Crippen LogP contribution in [0.3, 0.4) is 0 Å². The van der Waals surface area contributed by atoms with Crippen molar-refractivity contribution in [1.29, 1.82) is 0 Å². The number of hydrogen-bond donors (Lipinski definition) is 2. The van der Waals surface area contributed by atoms with Gasteiger partial charge < -0.3 is 15.4 Å². The highest BCUT2D eigenvalue weighted by Gasteiger charge is 2.17. The zero-order valence-electron chi connectivity index (χ0n) is 15.3. The smallest absolute Gasteiger partial charge is 0.257 e. The SMILES string of the molecule is COc1ccc(NC(=O)c2cccc(C)c2NC(=O)c2ccncc2)cc1F. The topological polar surface area (TPSA) is 80.3 Å². The Morgan fingerprint density at radius 3 is 2.43 bits per heavy atom. The van der Waals surface area contributed by atoms with Crippen LogP contribution in [-0.4, -0.2) is 23.9 Å². The number of nitrogens with zero attached hydrogens (tertiary/aromatic N) is 1. The van der Waals surface area contributed by atoms with E-state index in [2.05, 4.69) is 15.6 Å². The van der Waals surface area contributed by atoms with Crippen LogP contribution in [0.15, 0.2) is 60.9 Å². The van der Waals surface area contributed by atoms with E-state index >= 15 is 0 Å². The lowest BCUT2D eigenvalue weighted by atomic mass is 10.1. The van der Waals surface area contributed by atoms with E-state index in [0.29, 0.717) is 11.3 Å². The van der Waals surface area contributed by atoms with Gasteiger partial charge in [0.25, 0.3) is 11.8 Å². The van der Waals surface area contributed by atoms with Gasteiger partial charge in [-0.05, 0) is 42.8 Å². The summed E-state index contributed by atoms with van der Waals surface area (Å²) in [6.07, 6.45) is 3.03. The molecule has 3 aromatic rings. The lowest BCUT2D eigenvalue weighted by Gasteiger charge is -2.14. The third kappa shape index (κ3) is 4.15. The summed E-state index contributed by atoms with van der Waals surface area (Å²) in [7, 11) is 1.36. The van der Waals surface area contributed by atoms with Gasteiger partial charge in [-0.3, -0.25) is 14.6 Å². The molecule has 142 valence electrons. The first kappa shape index (κ1) is 19.0. The average molecular weight is 379 g/mol. The number of methoxy groups -OCH3 is 1. The van der Waals surface area contributed by atoms with Crippen LogP contribution < -0.4 is 15.4 Å². The highest BCUT2D eigenvalue weighted by molar-refractivity contribution is 6.13. The number of nitrogens with one attached hydrogen (secondary N) is 2. The molecule has 0 bridgehead atoms. The molecule has 0 aliphatic rings. The summed E-state index contributed by atoms with van der Waals surface area (Å²) in [5.41, 5.74) is 2.06. The van der Waals surface area contributed by atoms with Gasteiger partial charge in [-0.1, -0.05) is 12.1 Å². The fourth-order valence-corrected chi connectivity index (χ4v) is 2.65. The Balaban J connectivity index is 1.86. The third-order valence-electron chi connectivity index (χ3n) is 4.11. The minimum atomic E-state index is -0.587. The summed E-state index contributed by atoms with van der Waals surface area (Å²) in [4.78, 5) is 29.1. The lowest BCUT2D eigenvalue weighted by Crippen LogP contribution is -2.19. The summed E-state index contributed by atoms with van der Waals surface area (Å²) in [6.45, 7) is 1.78. The monoisotopic (exact) mass is 379 g/mol. The number of aromatic nitrogens is 1. The van der Waals surface area contributed by atoms with Crippen molar-refractivity contribution in [2.45, 2.75) is 6.92 Å². The normalized spacial score (nSPS) is 10.2. The van der Waals surface area contributed by atoms with Crippen molar-refractivity contribution >= 4 is 23.2 Å². The number of anilines is 2. The van der Waals surface area contributed by atoms with Crippen LogP contribution in [0, 0.1) is 12.7 Å². The van der Waals surface area contributed by atoms with Crippen molar-refractivity contribution in [1.82, 2.24) is 4.98 Å². The molecule has 0 aliphatic heterocycles. The van der Waals surface area contributed by atoms with Gasteiger partial charge in [-0.15, -0.1) is 0 Å². The number of pyridine rings is 1. The minimum Gasteiger partial charge on any atom is -0.494 e. The quantitative estimate of drug-likeness (QED) is 0.701. The fourth-order valence-electron chi connectivity index (χ4n) is 2.65. The van der Waals surface area contributed by atoms with Gasteiger partial charge in [0.2, 0.25) is 0 Å². The molecule has 0 unspecified atom stereocenters. The minimum absolute atomic E-state index is 0.0823. The van der Waals surface area contributed by atoms with E-state index in [-0.39, 0.29) is 22.9 Å². The number of halogens is 1. The Bertz CT molecular complexity index is 1020. The first-order chi connectivity index (χ1) is 13.5. The van der Waals surface area contributed by atoms with Gasteiger partial charge in [0.1, 0.15) is 0 Å². The summed E-state index contributed by atoms with van der Waals surface area (Å²) in [6, 6.07) is 12.4. The number of hydrogen-bond acceptors (Lipinski definition) is 4. The van der Waals surface area contributed by atoms with Crippen molar-refractivity contribution in [3.63, 3.8) is 0 Å². The Hall–Kier alpha value is -3.74. The van der Waals surface area contributed by atoms with Crippen molar-refractivity contribution in [2.75, 3.05) is 17.7 Å². The number of carbonyl (C=O) groups excluding carboxylic acids is 2. The molecule has 3 rings (SSSR count). The van der Waals surface area contributed by atoms with E-state index in [1.165, 1.54) is 37.7 Å². The predicted octanol–water partition coefficient (Wildman–Crippen LogP) is 4.04. The number of carbonyl (C=O) groups is 2. The van der Waals surface area contributed by atoms with Crippen LogP contribution in [0.25, 0.3) is 0 Å². The number of amides is 2. The number of ether oxygens (including phenoxy) is 1. The Labute approximate surface area is 161 Å². The molecule has 2 amide bonds. The third-order valence-corrected chi connectivity index (χ3v) is 4.11. The molecular weight excluding hydrogens is 361 g/mol. The van der Waals surface area contributed by atoms with Gasteiger partial charge in [0, 0.05) is 29.7 Å². The number of para-hydroxylation sites is 1. The molecule has 2 aromatic carbocycles. The first-order valence-corrected chi connectivity index (χ1v) is 8.45. The maximum atomic E-state index is 13.9. The molecule has 2 N–H and O–H groups in total. The molecule has 0 radical (unpaired) electrons. The maximum Gasteiger partial charge on any atom is 0.257 e. The summed E-state index contributed by atoms with van der Waals surface area (Å²) < 4.78 is 18.7. The first-order valence-electron chi connectivity index (χ1n) is 8.45. The fraction of sp³-hybridized carbons (Fsp3) is 0.0952. The molecule has 0 saturated heterocycles. The second-order valence-electron chi connectivity index (χ2n) is 5.99. The van der Waals surface area contributed by atoms with Gasteiger partial charge in [0.15, 0.2) is 11.6 Å². The molecule has 0 atom stereocenters. The van der Waals surface area contributed by atoms with Crippen LogP contribution in [-0.2, 0) is 0 Å². The van der Waals surface area contributed by atoms with E-state index in [9.17, 15) is 14.0 Å². The Kier molecular flexibility index (Phi) is 5.64. The molecule has 7 heteroatoms. The second-order valence-corrected chi connectivity index (χ2v) is 5.99. The second kappa shape index (κ2) is 8.30. The van der Waals surface area contributed by atoms with E-state index in [0.717, 1.165) is 5.56 Å². The highest BCUT2D eigenvalue weighted by atomic mass is 19.1. The Morgan fingerprint density at radius 1 is 1.00 bits per heavy atom. The number of aryl methyl sites for hydroxylation is 1. The van der Waals surface area contributed by atoms with E-state index in [4.69, 9.17) is 4.74 Å². The molecule has 0 saturated carbocycles. The van der Waals surface area contributed by atoms with Crippen molar-refractivity contribution in [3.05, 3.63) is 83.4 Å². The molecule has 6 nitrogen and oxygen atoms in total. The molecule has 0 fully saturated rings. The summed E-state index contributed by atoms with van der Waals surface area (Å²) in [5.74, 6) is -1.34. The van der Waals surface area contributed by atoms with Crippen LogP contribution in [0.4, 0.5) is 15.8 Å². The Morgan fingerprint density at radius 2 is 1.75 bits per heavy atom. The van der Waals surface area contributed by atoms with Crippen LogP contribution in [0.1, 0.15) is 26.3 Å². The van der Waals surface area contributed by atoms with Gasteiger partial charge in [0.05, 0.1) is 18.4 Å². The summed E-state index contributed by atoms with van der Waals surface area (Å²) in [5, 5.41) is 5.40. The highest BCUT2D eigenvalue weighted by Crippen LogP contribution is 2.25. The molecule has 0 aliphatic carbocycles. The van der Waals surface area contributed by atoms with Gasteiger partial charge >= 0.3 is 0 Å². The molecule has 1 aromatic heterocycles. The van der Waals surface area contributed by atoms with Crippen molar-refractivity contribution in [2.24, 2.45) is 0 Å². The van der Waals surface area contributed by atoms with Crippen LogP contribution in [0.2, 0.25) is 0 Å². The number of benzene rings is 2. The molecule has 28 heavy (non-hydrogen) atoms. The predicted molar refractivity (Wildman–Crippen MR) is 104 cm³/mol. The maximum absolute atomic E-state index is 13.9. The largest absolute Gasteiger partial charge is 0.494 e. The number of rotatable bonds is 5. The zero-order chi connectivity index (χ0) is 20.1. The molecule has 0 spiro atoms. The van der Waals surface area contributed by atoms with Crippen LogP contribution in [0.5, 0.6) is 5.75 Å².